The third kappa shape index (κ3) is 4.01. The number of aromatic nitrogens is 1. The summed E-state index contributed by atoms with van der Waals surface area (Å²) in [6.45, 7) is 2.22. The van der Waals surface area contributed by atoms with Crippen molar-refractivity contribution >= 4 is 17.6 Å². The topological polar surface area (TPSA) is 65.5 Å². The number of carbonyl (C=O) groups excluding carboxylic acids is 2. The summed E-state index contributed by atoms with van der Waals surface area (Å²) < 4.78 is 13.2. The van der Waals surface area contributed by atoms with E-state index in [-0.39, 0.29) is 18.0 Å². The number of pyridine rings is 1. The Morgan fingerprint density at radius 3 is 2.92 bits per heavy atom. The van der Waals surface area contributed by atoms with Gasteiger partial charge >= 0.3 is 6.03 Å². The van der Waals surface area contributed by atoms with Gasteiger partial charge in [-0.1, -0.05) is 0 Å². The van der Waals surface area contributed by atoms with Gasteiger partial charge in [-0.2, -0.15) is 0 Å². The van der Waals surface area contributed by atoms with Crippen LogP contribution in [0, 0.1) is 5.82 Å². The molecule has 1 unspecified atom stereocenters. The zero-order chi connectivity index (χ0) is 16.9. The molecule has 130 valence electrons. The van der Waals surface area contributed by atoms with Gasteiger partial charge in [-0.15, -0.1) is 0 Å². The van der Waals surface area contributed by atoms with Gasteiger partial charge < -0.3 is 15.1 Å². The highest BCUT2D eigenvalue weighted by Crippen LogP contribution is 2.22. The number of hydrogen-bond donors (Lipinski definition) is 1. The molecule has 1 N–H and O–H groups in total. The quantitative estimate of drug-likeness (QED) is 0.920. The second-order valence-electron chi connectivity index (χ2n) is 6.44. The van der Waals surface area contributed by atoms with Crippen LogP contribution in [0.15, 0.2) is 18.5 Å². The Labute approximate surface area is 141 Å². The second-order valence-corrected chi connectivity index (χ2v) is 6.44. The van der Waals surface area contributed by atoms with Gasteiger partial charge in [0.15, 0.2) is 0 Å². The first-order chi connectivity index (χ1) is 11.6. The van der Waals surface area contributed by atoms with Crippen molar-refractivity contribution in [3.8, 4) is 0 Å². The van der Waals surface area contributed by atoms with E-state index in [1.165, 1.54) is 12.3 Å². The molecule has 0 aromatic carbocycles. The van der Waals surface area contributed by atoms with Gasteiger partial charge in [-0.3, -0.25) is 9.78 Å². The van der Waals surface area contributed by atoms with Crippen LogP contribution < -0.4 is 5.32 Å². The molecule has 2 saturated heterocycles. The van der Waals surface area contributed by atoms with Crippen molar-refractivity contribution in [2.24, 2.45) is 0 Å². The molecule has 1 atom stereocenters. The number of likely N-dealkylation sites (tertiary alicyclic amines) is 2. The van der Waals surface area contributed by atoms with E-state index in [1.807, 2.05) is 9.80 Å². The minimum atomic E-state index is -0.476. The highest BCUT2D eigenvalue weighted by molar-refractivity contribution is 5.89. The van der Waals surface area contributed by atoms with Crippen LogP contribution in [0.1, 0.15) is 38.5 Å². The highest BCUT2D eigenvalue weighted by atomic mass is 19.1. The van der Waals surface area contributed by atoms with Gasteiger partial charge in [0, 0.05) is 38.2 Å². The van der Waals surface area contributed by atoms with Gasteiger partial charge in [-0.25, -0.2) is 9.18 Å². The lowest BCUT2D eigenvalue weighted by Crippen LogP contribution is -2.47. The largest absolute Gasteiger partial charge is 0.343 e. The van der Waals surface area contributed by atoms with Crippen LogP contribution in [0.3, 0.4) is 0 Å². The Morgan fingerprint density at radius 2 is 2.17 bits per heavy atom. The number of urea groups is 1. The molecule has 3 rings (SSSR count). The summed E-state index contributed by atoms with van der Waals surface area (Å²) in [4.78, 5) is 31.7. The smallest absolute Gasteiger partial charge is 0.322 e. The van der Waals surface area contributed by atoms with Crippen molar-refractivity contribution in [1.82, 2.24) is 14.8 Å². The van der Waals surface area contributed by atoms with Crippen molar-refractivity contribution in [3.05, 3.63) is 24.3 Å². The summed E-state index contributed by atoms with van der Waals surface area (Å²) in [6.07, 6.45) is 7.90. The molecule has 0 saturated carbocycles. The molecular weight excluding hydrogens is 311 g/mol. The maximum atomic E-state index is 13.2. The molecule has 3 heterocycles. The number of carbonyl (C=O) groups is 2. The Balaban J connectivity index is 1.58. The first kappa shape index (κ1) is 16.7. The monoisotopic (exact) mass is 334 g/mol. The van der Waals surface area contributed by atoms with Gasteiger partial charge in [0.1, 0.15) is 5.82 Å². The number of hydrogen-bond acceptors (Lipinski definition) is 3. The summed E-state index contributed by atoms with van der Waals surface area (Å²) in [5.74, 6) is -0.261. The van der Waals surface area contributed by atoms with E-state index in [4.69, 9.17) is 0 Å². The molecule has 0 aliphatic carbocycles. The molecular formula is C17H23FN4O2. The number of nitrogens with one attached hydrogen (secondary N) is 1. The number of anilines is 1. The zero-order valence-corrected chi connectivity index (χ0v) is 13.7. The third-order valence-electron chi connectivity index (χ3n) is 4.75. The molecule has 0 spiro atoms. The van der Waals surface area contributed by atoms with Crippen LogP contribution in [-0.2, 0) is 4.79 Å². The lowest BCUT2D eigenvalue weighted by Gasteiger charge is -2.36. The second kappa shape index (κ2) is 7.59. The minimum Gasteiger partial charge on any atom is -0.343 e. The predicted octanol–water partition coefficient (Wildman–Crippen LogP) is 2.62. The first-order valence-corrected chi connectivity index (χ1v) is 8.59. The van der Waals surface area contributed by atoms with Gasteiger partial charge in [0.05, 0.1) is 18.1 Å². The summed E-state index contributed by atoms with van der Waals surface area (Å²) >= 11 is 0. The summed E-state index contributed by atoms with van der Waals surface area (Å²) in [7, 11) is 0. The average Bonchev–Trinajstić information content (AvgIpc) is 2.98. The van der Waals surface area contributed by atoms with Crippen LogP contribution in [0.25, 0.3) is 0 Å². The first-order valence-electron chi connectivity index (χ1n) is 8.59. The molecule has 6 nitrogen and oxygen atoms in total. The summed E-state index contributed by atoms with van der Waals surface area (Å²) in [5, 5.41) is 2.72. The van der Waals surface area contributed by atoms with Gasteiger partial charge in [0.25, 0.3) is 0 Å². The van der Waals surface area contributed by atoms with Crippen molar-refractivity contribution in [2.45, 2.75) is 44.6 Å². The number of amides is 3. The Kier molecular flexibility index (Phi) is 5.27. The molecule has 1 aromatic rings. The molecule has 24 heavy (non-hydrogen) atoms. The van der Waals surface area contributed by atoms with Crippen LogP contribution in [0.5, 0.6) is 0 Å². The van der Waals surface area contributed by atoms with Crippen molar-refractivity contribution in [3.63, 3.8) is 0 Å². The lowest BCUT2D eigenvalue weighted by atomic mass is 9.99. The standard InChI is InChI=1S/C17H23FN4O2/c18-13-10-14(12-19-11-13)20-17(24)22-8-2-1-4-15(22)6-9-21-7-3-5-16(21)23/h10-12,15H,1-9H2,(H,20,24). The fourth-order valence-electron chi connectivity index (χ4n) is 3.49. The fourth-order valence-corrected chi connectivity index (χ4v) is 3.49. The molecule has 0 radical (unpaired) electrons. The van der Waals surface area contributed by atoms with Crippen molar-refractivity contribution in [1.29, 1.82) is 0 Å². The third-order valence-corrected chi connectivity index (χ3v) is 4.75. The molecule has 7 heteroatoms. The Morgan fingerprint density at radius 1 is 1.29 bits per heavy atom. The Bertz CT molecular complexity index is 610. The summed E-state index contributed by atoms with van der Waals surface area (Å²) in [5.41, 5.74) is 0.360. The summed E-state index contributed by atoms with van der Waals surface area (Å²) in [6, 6.07) is 1.15. The van der Waals surface area contributed by atoms with Crippen LogP contribution >= 0.6 is 0 Å². The predicted molar refractivity (Wildman–Crippen MR) is 88.0 cm³/mol. The maximum Gasteiger partial charge on any atom is 0.322 e. The normalized spacial score (nSPS) is 21.2. The van der Waals surface area contributed by atoms with E-state index < -0.39 is 5.82 Å². The van der Waals surface area contributed by atoms with Gasteiger partial charge in [-0.05, 0) is 32.1 Å². The van der Waals surface area contributed by atoms with Crippen molar-refractivity contribution < 1.29 is 14.0 Å². The SMILES string of the molecule is O=C1CCCN1CCC1CCCCN1C(=O)Nc1cncc(F)c1. The minimum absolute atomic E-state index is 0.119. The molecule has 2 aliphatic heterocycles. The van der Waals surface area contributed by atoms with Crippen LogP contribution in [0.2, 0.25) is 0 Å². The van der Waals surface area contributed by atoms with E-state index >= 15 is 0 Å². The van der Waals surface area contributed by atoms with Crippen LogP contribution in [0.4, 0.5) is 14.9 Å². The van der Waals surface area contributed by atoms with E-state index in [2.05, 4.69) is 10.3 Å². The molecule has 1 aromatic heterocycles. The number of rotatable bonds is 4. The van der Waals surface area contributed by atoms with E-state index in [0.717, 1.165) is 44.8 Å². The number of halogens is 1. The maximum absolute atomic E-state index is 13.2. The van der Waals surface area contributed by atoms with Gasteiger partial charge in [0.2, 0.25) is 5.91 Å². The zero-order valence-electron chi connectivity index (χ0n) is 13.7. The number of piperidine rings is 1. The highest BCUT2D eigenvalue weighted by Gasteiger charge is 2.28. The van der Waals surface area contributed by atoms with Crippen molar-refractivity contribution in [2.75, 3.05) is 25.0 Å². The molecule has 2 aliphatic rings. The van der Waals surface area contributed by atoms with E-state index in [0.29, 0.717) is 25.2 Å². The molecule has 2 fully saturated rings. The van der Waals surface area contributed by atoms with E-state index in [9.17, 15) is 14.0 Å². The molecule has 0 bridgehead atoms. The lowest BCUT2D eigenvalue weighted by molar-refractivity contribution is -0.127. The fraction of sp³-hybridized carbons (Fsp3) is 0.588. The Hall–Kier alpha value is -2.18. The van der Waals surface area contributed by atoms with Crippen LogP contribution in [-0.4, -0.2) is 52.4 Å². The molecule has 3 amide bonds. The average molecular weight is 334 g/mol. The van der Waals surface area contributed by atoms with E-state index in [1.54, 1.807) is 0 Å². The number of nitrogens with zero attached hydrogens (tertiary/aromatic N) is 3.